The molecule has 234 valence electrons. The number of carbonyl (C=O) groups excluding carboxylic acids is 3. The number of carboxylic acids is 1. The van der Waals surface area contributed by atoms with E-state index in [-0.39, 0.29) is 27.9 Å². The molecule has 0 saturated carbocycles. The number of benzene rings is 2. The van der Waals surface area contributed by atoms with E-state index in [1.165, 1.54) is 18.8 Å². The van der Waals surface area contributed by atoms with Crippen molar-refractivity contribution in [1.29, 1.82) is 0 Å². The van der Waals surface area contributed by atoms with Gasteiger partial charge in [0.05, 0.1) is 0 Å². The number of β-lactam (4-membered cyclic amide) rings is 1. The van der Waals surface area contributed by atoms with Crippen molar-refractivity contribution in [3.8, 4) is 23.1 Å². The molecule has 7 N–H and O–H groups in total. The SMILES string of the molecule is Cn1c(SCC2=C(C(=O)O)N3C(=O)C(NC(=O)C(NC(=O)c4cc(O)c(O)c(O)c4)c4ccccc4)[C@@H]3SC2)nnc(O)c1=O. The van der Waals surface area contributed by atoms with Crippen LogP contribution >= 0.6 is 23.5 Å². The summed E-state index contributed by atoms with van der Waals surface area (Å²) >= 11 is 2.20. The Bertz CT molecular complexity index is 1790. The van der Waals surface area contributed by atoms with E-state index in [0.29, 0.717) is 11.1 Å². The number of rotatable bonds is 9. The Morgan fingerprint density at radius 2 is 1.73 bits per heavy atom. The third-order valence-electron chi connectivity index (χ3n) is 6.94. The van der Waals surface area contributed by atoms with Gasteiger partial charge in [0.1, 0.15) is 23.2 Å². The van der Waals surface area contributed by atoms with Crippen LogP contribution in [0.2, 0.25) is 0 Å². The second-order valence-corrected chi connectivity index (χ2v) is 11.8. The minimum atomic E-state index is -1.37. The Labute approximate surface area is 261 Å². The Hall–Kier alpha value is -5.23. The molecule has 0 spiro atoms. The second kappa shape index (κ2) is 12.4. The van der Waals surface area contributed by atoms with Gasteiger partial charge in [-0.25, -0.2) is 4.79 Å². The lowest BCUT2D eigenvalue weighted by Gasteiger charge is -2.49. The highest BCUT2D eigenvalue weighted by molar-refractivity contribution is 8.01. The highest BCUT2D eigenvalue weighted by Gasteiger charge is 2.54. The Balaban J connectivity index is 1.33. The number of aromatic hydroxyl groups is 4. The molecule has 1 aromatic heterocycles. The van der Waals surface area contributed by atoms with Crippen LogP contribution in [0.25, 0.3) is 0 Å². The molecule has 45 heavy (non-hydrogen) atoms. The highest BCUT2D eigenvalue weighted by atomic mass is 32.2. The average molecular weight is 657 g/mol. The van der Waals surface area contributed by atoms with Crippen LogP contribution in [0, 0.1) is 0 Å². The van der Waals surface area contributed by atoms with E-state index in [4.69, 9.17) is 0 Å². The summed E-state index contributed by atoms with van der Waals surface area (Å²) in [6, 6.07) is 7.39. The van der Waals surface area contributed by atoms with Gasteiger partial charge in [0.15, 0.2) is 22.4 Å². The summed E-state index contributed by atoms with van der Waals surface area (Å²) in [4.78, 5) is 65.0. The number of carboxylic acid groups (broad SMARTS) is 1. The summed E-state index contributed by atoms with van der Waals surface area (Å²) in [6.45, 7) is 0. The molecule has 16 nitrogen and oxygen atoms in total. The molecular weight excluding hydrogens is 632 g/mol. The van der Waals surface area contributed by atoms with Crippen molar-refractivity contribution in [2.45, 2.75) is 22.6 Å². The number of aromatic nitrogens is 3. The minimum Gasteiger partial charge on any atom is -0.504 e. The lowest BCUT2D eigenvalue weighted by Crippen LogP contribution is -2.71. The van der Waals surface area contributed by atoms with Gasteiger partial charge in [-0.1, -0.05) is 42.1 Å². The van der Waals surface area contributed by atoms with Crippen molar-refractivity contribution in [3.05, 3.63) is 75.2 Å². The maximum Gasteiger partial charge on any atom is 0.352 e. The molecule has 2 aliphatic heterocycles. The molecule has 2 aliphatic rings. The lowest BCUT2D eigenvalue weighted by atomic mass is 10.0. The molecule has 0 bridgehead atoms. The van der Waals surface area contributed by atoms with Gasteiger partial charge in [0.25, 0.3) is 17.7 Å². The van der Waals surface area contributed by atoms with E-state index < -0.39 is 69.8 Å². The number of nitrogens with zero attached hydrogens (tertiary/aromatic N) is 4. The zero-order valence-electron chi connectivity index (χ0n) is 23.1. The maximum atomic E-state index is 13.5. The maximum absolute atomic E-state index is 13.5. The summed E-state index contributed by atoms with van der Waals surface area (Å²) in [5.41, 5.74) is -0.598. The lowest BCUT2D eigenvalue weighted by molar-refractivity contribution is -0.151. The number of phenolic OH excluding ortho intramolecular Hbond substituents is 3. The standard InChI is InChI=1S/C27H24N6O10S2/c1-32-24(41)22(39)30-31-27(32)45-10-13-9-44-25-17(23(40)33(25)18(13)26(42)43)29-21(38)16(11-5-3-2-4-6-11)28-20(37)12-7-14(34)19(36)15(35)8-12/h2-8,16-17,25,34-36H,9-10H2,1H3,(H,28,37)(H,29,38)(H,30,39)(H,42,43)/t16?,17?,25-/m0/s1. The largest absolute Gasteiger partial charge is 0.504 e. The summed E-state index contributed by atoms with van der Waals surface area (Å²) in [7, 11) is 1.37. The fourth-order valence-corrected chi connectivity index (χ4v) is 7.03. The molecule has 0 radical (unpaired) electrons. The molecule has 1 saturated heterocycles. The zero-order chi connectivity index (χ0) is 32.6. The fraction of sp³-hybridized carbons (Fsp3) is 0.222. The van der Waals surface area contributed by atoms with E-state index in [9.17, 15) is 49.5 Å². The Morgan fingerprint density at radius 1 is 1.07 bits per heavy atom. The number of hydrogen-bond acceptors (Lipinski definition) is 13. The van der Waals surface area contributed by atoms with Crippen LogP contribution in [0.3, 0.4) is 0 Å². The van der Waals surface area contributed by atoms with Crippen molar-refractivity contribution in [1.82, 2.24) is 30.3 Å². The van der Waals surface area contributed by atoms with Gasteiger partial charge in [-0.2, -0.15) is 0 Å². The third kappa shape index (κ3) is 5.96. The van der Waals surface area contributed by atoms with E-state index in [2.05, 4.69) is 20.8 Å². The molecular formula is C27H24N6O10S2. The molecule has 3 heterocycles. The first kappa shape index (κ1) is 31.2. The van der Waals surface area contributed by atoms with Crippen molar-refractivity contribution in [2.75, 3.05) is 11.5 Å². The normalized spacial score (nSPS) is 18.1. The Morgan fingerprint density at radius 3 is 2.38 bits per heavy atom. The monoisotopic (exact) mass is 656 g/mol. The number of thioether (sulfide) groups is 2. The van der Waals surface area contributed by atoms with Gasteiger partial charge < -0.3 is 36.2 Å². The van der Waals surface area contributed by atoms with E-state index in [1.54, 1.807) is 30.3 Å². The summed E-state index contributed by atoms with van der Waals surface area (Å²) in [6.07, 6.45) is 0. The molecule has 3 aromatic rings. The van der Waals surface area contributed by atoms with Crippen molar-refractivity contribution in [3.63, 3.8) is 0 Å². The number of nitrogens with one attached hydrogen (secondary N) is 2. The molecule has 2 aromatic carbocycles. The quantitative estimate of drug-likeness (QED) is 0.0911. The smallest absolute Gasteiger partial charge is 0.352 e. The van der Waals surface area contributed by atoms with Crippen molar-refractivity contribution >= 4 is 47.2 Å². The molecule has 0 aliphatic carbocycles. The fourth-order valence-electron chi connectivity index (χ4n) is 4.64. The summed E-state index contributed by atoms with van der Waals surface area (Å²) in [5, 5.41) is 60.2. The third-order valence-corrected chi connectivity index (χ3v) is 9.38. The first-order valence-electron chi connectivity index (χ1n) is 13.0. The topological polar surface area (TPSA) is 245 Å². The van der Waals surface area contributed by atoms with Crippen LogP contribution in [0.4, 0.5) is 0 Å². The van der Waals surface area contributed by atoms with E-state index >= 15 is 0 Å². The number of amides is 3. The molecule has 2 unspecified atom stereocenters. The van der Waals surface area contributed by atoms with Gasteiger partial charge >= 0.3 is 11.5 Å². The zero-order valence-corrected chi connectivity index (χ0v) is 24.7. The molecule has 3 amide bonds. The van der Waals surface area contributed by atoms with Crippen LogP contribution in [0.5, 0.6) is 23.1 Å². The molecule has 5 rings (SSSR count). The van der Waals surface area contributed by atoms with Crippen LogP contribution in [-0.2, 0) is 21.4 Å². The first-order valence-corrected chi connectivity index (χ1v) is 15.0. The van der Waals surface area contributed by atoms with Crippen LogP contribution in [-0.4, -0.2) is 91.8 Å². The predicted octanol–water partition coefficient (Wildman–Crippen LogP) is -0.000300. The number of phenols is 3. The summed E-state index contributed by atoms with van der Waals surface area (Å²) in [5.74, 6) is -6.62. The number of fused-ring (bicyclic) bond motifs is 1. The van der Waals surface area contributed by atoms with Crippen LogP contribution in [0.1, 0.15) is 22.0 Å². The first-order chi connectivity index (χ1) is 21.4. The second-order valence-electron chi connectivity index (χ2n) is 9.79. The number of carbonyl (C=O) groups is 4. The Kier molecular flexibility index (Phi) is 8.60. The van der Waals surface area contributed by atoms with E-state index in [0.717, 1.165) is 33.4 Å². The van der Waals surface area contributed by atoms with Crippen molar-refractivity contribution < 1.29 is 44.7 Å². The molecule has 3 atom stereocenters. The van der Waals surface area contributed by atoms with Crippen molar-refractivity contribution in [2.24, 2.45) is 7.05 Å². The van der Waals surface area contributed by atoms with E-state index in [1.807, 2.05) is 0 Å². The summed E-state index contributed by atoms with van der Waals surface area (Å²) < 4.78 is 1.06. The predicted molar refractivity (Wildman–Crippen MR) is 157 cm³/mol. The average Bonchev–Trinajstić information content (AvgIpc) is 3.02. The molecule has 18 heteroatoms. The number of hydrogen-bond donors (Lipinski definition) is 7. The number of aliphatic carboxylic acids is 1. The highest BCUT2D eigenvalue weighted by Crippen LogP contribution is 2.42. The van der Waals surface area contributed by atoms with Crippen LogP contribution < -0.4 is 16.2 Å². The minimum absolute atomic E-state index is 0.0410. The van der Waals surface area contributed by atoms with Gasteiger partial charge in [-0.05, 0) is 23.3 Å². The molecule has 1 fully saturated rings. The van der Waals surface area contributed by atoms with Gasteiger partial charge in [-0.15, -0.1) is 22.0 Å². The van der Waals surface area contributed by atoms with Gasteiger partial charge in [0.2, 0.25) is 5.91 Å². The van der Waals surface area contributed by atoms with Crippen LogP contribution in [0.15, 0.2) is 63.7 Å². The van der Waals surface area contributed by atoms with Gasteiger partial charge in [-0.3, -0.25) is 28.6 Å². The van der Waals surface area contributed by atoms with Gasteiger partial charge in [0, 0.05) is 24.1 Å².